The Morgan fingerprint density at radius 1 is 0.821 bits per heavy atom. The Morgan fingerprint density at radius 2 is 1.54 bits per heavy atom. The number of aliphatic hydroxyl groups is 1. The van der Waals surface area contributed by atoms with Crippen LogP contribution in [0.1, 0.15) is 25.3 Å². The quantitative estimate of drug-likeness (QED) is 0.315. The molecule has 192 valence electrons. The van der Waals surface area contributed by atoms with Crippen LogP contribution < -0.4 is 11.5 Å². The molecule has 7 rings (SSSR count). The summed E-state index contributed by atoms with van der Waals surface area (Å²) in [4.78, 5) is 14.4. The smallest absolute Gasteiger partial charge is 0.170 e. The fourth-order valence-corrected chi connectivity index (χ4v) is 5.73. The first kappa shape index (κ1) is 23.4. The van der Waals surface area contributed by atoms with Gasteiger partial charge < -0.3 is 16.6 Å². The molecule has 0 bridgehead atoms. The van der Waals surface area contributed by atoms with Crippen molar-refractivity contribution in [3.8, 4) is 33.9 Å². The lowest BCUT2D eigenvalue weighted by Gasteiger charge is -2.49. The van der Waals surface area contributed by atoms with Crippen molar-refractivity contribution in [2.75, 3.05) is 5.73 Å². The van der Waals surface area contributed by atoms with E-state index in [-0.39, 0.29) is 0 Å². The Kier molecular flexibility index (Phi) is 5.03. The highest BCUT2D eigenvalue weighted by atomic mass is 16.3. The number of nitrogens with two attached hydrogens (primary N) is 2. The van der Waals surface area contributed by atoms with Crippen LogP contribution in [0.5, 0.6) is 0 Å². The van der Waals surface area contributed by atoms with Crippen LogP contribution in [0, 0.1) is 0 Å². The van der Waals surface area contributed by atoms with Crippen LogP contribution in [0.2, 0.25) is 0 Å². The first-order chi connectivity index (χ1) is 18.8. The second-order valence-corrected chi connectivity index (χ2v) is 10.6. The molecule has 9 nitrogen and oxygen atoms in total. The lowest BCUT2D eigenvalue weighted by atomic mass is 9.63. The van der Waals surface area contributed by atoms with Crippen molar-refractivity contribution < 1.29 is 5.11 Å². The lowest BCUT2D eigenvalue weighted by Crippen LogP contribution is -2.58. The molecule has 1 saturated carbocycles. The highest BCUT2D eigenvalue weighted by Gasteiger charge is 2.49. The highest BCUT2D eigenvalue weighted by molar-refractivity contribution is 5.87. The van der Waals surface area contributed by atoms with Gasteiger partial charge >= 0.3 is 0 Å². The van der Waals surface area contributed by atoms with Crippen LogP contribution in [-0.4, -0.2) is 40.3 Å². The first-order valence-electron chi connectivity index (χ1n) is 12.8. The maximum atomic E-state index is 10.3. The molecule has 4 heterocycles. The van der Waals surface area contributed by atoms with Gasteiger partial charge in [-0.15, -0.1) is 10.2 Å². The molecule has 4 aromatic heterocycles. The van der Waals surface area contributed by atoms with E-state index in [1.165, 1.54) is 0 Å². The molecule has 5 N–H and O–H groups in total. The van der Waals surface area contributed by atoms with Crippen molar-refractivity contribution in [3.05, 3.63) is 90.6 Å². The number of fused-ring (bicyclic) bond motifs is 3. The maximum Gasteiger partial charge on any atom is 0.170 e. The predicted molar refractivity (Wildman–Crippen MR) is 150 cm³/mol. The van der Waals surface area contributed by atoms with Crippen molar-refractivity contribution in [1.82, 2.24) is 29.5 Å². The minimum absolute atomic E-state index is 0.399. The molecule has 1 fully saturated rings. The van der Waals surface area contributed by atoms with Crippen molar-refractivity contribution in [3.63, 3.8) is 0 Å². The summed E-state index contributed by atoms with van der Waals surface area (Å²) in [5, 5.41) is 19.0. The number of pyridine rings is 2. The van der Waals surface area contributed by atoms with Gasteiger partial charge in [-0.2, -0.15) is 0 Å². The van der Waals surface area contributed by atoms with Crippen LogP contribution in [0.25, 0.3) is 50.7 Å². The standard InChI is InChI=1S/C30H26N8O/c1-29(39)16-30(32,17-29)21-9-7-19(8-10-21)25-26(18-5-3-2-4-6-18)35-28-22(34-25)11-12-24-36-37-27(38(24)28)20-13-14-33-23(31)15-20/h2-15,39H,16-17,32H2,1H3,(H2,31,33). The summed E-state index contributed by atoms with van der Waals surface area (Å²) in [6.07, 6.45) is 2.71. The monoisotopic (exact) mass is 514 g/mol. The molecule has 1 aliphatic rings. The molecule has 6 aromatic rings. The summed E-state index contributed by atoms with van der Waals surface area (Å²) in [5.41, 5.74) is 18.4. The van der Waals surface area contributed by atoms with Gasteiger partial charge in [-0.25, -0.2) is 15.0 Å². The number of hydrogen-bond acceptors (Lipinski definition) is 8. The number of aromatic nitrogens is 6. The summed E-state index contributed by atoms with van der Waals surface area (Å²) >= 11 is 0. The summed E-state index contributed by atoms with van der Waals surface area (Å²) in [6, 6.07) is 25.5. The Balaban J connectivity index is 1.42. The molecule has 39 heavy (non-hydrogen) atoms. The second-order valence-electron chi connectivity index (χ2n) is 10.6. The average Bonchev–Trinajstić information content (AvgIpc) is 3.37. The van der Waals surface area contributed by atoms with Gasteiger partial charge in [-0.1, -0.05) is 54.6 Å². The van der Waals surface area contributed by atoms with Crippen molar-refractivity contribution in [1.29, 1.82) is 0 Å². The first-order valence-corrected chi connectivity index (χ1v) is 12.8. The molecule has 0 atom stereocenters. The zero-order valence-electron chi connectivity index (χ0n) is 21.3. The van der Waals surface area contributed by atoms with Crippen LogP contribution in [0.3, 0.4) is 0 Å². The molecule has 1 aliphatic carbocycles. The number of nitrogens with zero attached hydrogens (tertiary/aromatic N) is 6. The third kappa shape index (κ3) is 3.91. The van der Waals surface area contributed by atoms with Crippen LogP contribution >= 0.6 is 0 Å². The van der Waals surface area contributed by atoms with E-state index < -0.39 is 11.1 Å². The Bertz CT molecular complexity index is 1850. The number of anilines is 1. The van der Waals surface area contributed by atoms with Gasteiger partial charge in [0.05, 0.1) is 17.0 Å². The largest absolute Gasteiger partial charge is 0.390 e. The minimum Gasteiger partial charge on any atom is -0.390 e. The molecule has 0 aliphatic heterocycles. The van der Waals surface area contributed by atoms with Crippen molar-refractivity contribution >= 4 is 22.6 Å². The van der Waals surface area contributed by atoms with Crippen molar-refractivity contribution in [2.45, 2.75) is 30.9 Å². The molecule has 0 radical (unpaired) electrons. The molecule has 0 unspecified atom stereocenters. The van der Waals surface area contributed by atoms with E-state index >= 15 is 0 Å². The number of nitrogen functional groups attached to an aromatic ring is 1. The normalized spacial score (nSPS) is 20.8. The number of hydrogen-bond donors (Lipinski definition) is 3. The van der Waals surface area contributed by atoms with E-state index in [0.29, 0.717) is 41.3 Å². The van der Waals surface area contributed by atoms with Gasteiger partial charge in [0, 0.05) is 28.4 Å². The zero-order valence-corrected chi connectivity index (χ0v) is 21.3. The van der Waals surface area contributed by atoms with E-state index in [9.17, 15) is 5.11 Å². The highest BCUT2D eigenvalue weighted by Crippen LogP contribution is 2.46. The van der Waals surface area contributed by atoms with Crippen LogP contribution in [0.4, 0.5) is 5.82 Å². The summed E-state index contributed by atoms with van der Waals surface area (Å²) in [7, 11) is 0. The van der Waals surface area contributed by atoms with E-state index in [1.54, 1.807) is 12.3 Å². The Hall–Kier alpha value is -4.73. The Labute approximate surface area is 224 Å². The fraction of sp³-hybridized carbons (Fsp3) is 0.167. The molecular formula is C30H26N8O. The van der Waals surface area contributed by atoms with Gasteiger partial charge in [0.1, 0.15) is 11.3 Å². The van der Waals surface area contributed by atoms with Gasteiger partial charge in [0.25, 0.3) is 0 Å². The minimum atomic E-state index is -0.716. The van der Waals surface area contributed by atoms with E-state index in [1.807, 2.05) is 84.1 Å². The molecule has 0 spiro atoms. The summed E-state index contributed by atoms with van der Waals surface area (Å²) < 4.78 is 1.90. The van der Waals surface area contributed by atoms with E-state index in [2.05, 4.69) is 15.2 Å². The fourth-order valence-electron chi connectivity index (χ4n) is 5.73. The van der Waals surface area contributed by atoms with Gasteiger partial charge in [-0.05, 0) is 49.6 Å². The van der Waals surface area contributed by atoms with Gasteiger partial charge in [-0.3, -0.25) is 4.40 Å². The molecule has 0 amide bonds. The van der Waals surface area contributed by atoms with Crippen molar-refractivity contribution in [2.24, 2.45) is 5.73 Å². The summed E-state index contributed by atoms with van der Waals surface area (Å²) in [6.45, 7) is 1.82. The number of benzene rings is 2. The zero-order chi connectivity index (χ0) is 26.8. The van der Waals surface area contributed by atoms with Gasteiger partial charge in [0.2, 0.25) is 0 Å². The lowest BCUT2D eigenvalue weighted by molar-refractivity contribution is -0.0738. The molecule has 2 aromatic carbocycles. The third-order valence-corrected chi connectivity index (χ3v) is 7.41. The second kappa shape index (κ2) is 8.39. The van der Waals surface area contributed by atoms with Gasteiger partial charge in [0.15, 0.2) is 17.1 Å². The molecule has 9 heteroatoms. The topological polar surface area (TPSA) is 141 Å². The van der Waals surface area contributed by atoms with E-state index in [4.69, 9.17) is 21.4 Å². The predicted octanol–water partition coefficient (Wildman–Crippen LogP) is 4.35. The van der Waals surface area contributed by atoms with Crippen LogP contribution in [0.15, 0.2) is 85.1 Å². The number of rotatable bonds is 4. The maximum absolute atomic E-state index is 10.3. The SMILES string of the molecule is CC1(O)CC(N)(c2ccc(-c3nc4ccc5nnc(-c6ccnc(N)c6)n5c4nc3-c3ccccc3)cc2)C1. The van der Waals surface area contributed by atoms with E-state index in [0.717, 1.165) is 33.6 Å². The molecular weight excluding hydrogens is 488 g/mol. The Morgan fingerprint density at radius 3 is 2.26 bits per heavy atom. The average molecular weight is 515 g/mol. The molecule has 0 saturated heterocycles. The summed E-state index contributed by atoms with van der Waals surface area (Å²) in [5.74, 6) is 1.01. The van der Waals surface area contributed by atoms with Crippen LogP contribution in [-0.2, 0) is 5.54 Å². The third-order valence-electron chi connectivity index (χ3n) is 7.41.